The fourth-order valence-electron chi connectivity index (χ4n) is 2.86. The third-order valence-electron chi connectivity index (χ3n) is 4.00. The molecule has 2 aromatic carbocycles. The predicted octanol–water partition coefficient (Wildman–Crippen LogP) is 3.13. The van der Waals surface area contributed by atoms with Crippen molar-refractivity contribution in [3.05, 3.63) is 54.7 Å². The molecule has 4 heteroatoms. The molecule has 3 aromatic rings. The Kier molecular flexibility index (Phi) is 3.45. The monoisotopic (exact) mass is 291 g/mol. The molecule has 0 aliphatic carbocycles. The van der Waals surface area contributed by atoms with Crippen molar-refractivity contribution in [3.63, 3.8) is 0 Å². The maximum atomic E-state index is 5.40. The van der Waals surface area contributed by atoms with E-state index in [9.17, 15) is 0 Å². The molecule has 22 heavy (non-hydrogen) atoms. The van der Waals surface area contributed by atoms with Gasteiger partial charge in [-0.1, -0.05) is 42.5 Å². The summed E-state index contributed by atoms with van der Waals surface area (Å²) in [6, 6.07) is 16.7. The Morgan fingerprint density at radius 1 is 0.909 bits per heavy atom. The summed E-state index contributed by atoms with van der Waals surface area (Å²) in [5, 5.41) is 2.45. The van der Waals surface area contributed by atoms with E-state index in [0.29, 0.717) is 0 Å². The SMILES string of the molecule is c1ccc2c(-c3ccnc(N4CCOCC4)n3)cccc2c1. The summed E-state index contributed by atoms with van der Waals surface area (Å²) in [6.45, 7) is 3.17. The number of aromatic nitrogens is 2. The van der Waals surface area contributed by atoms with Crippen LogP contribution < -0.4 is 4.90 Å². The summed E-state index contributed by atoms with van der Waals surface area (Å²) in [5.41, 5.74) is 2.11. The minimum atomic E-state index is 0.738. The van der Waals surface area contributed by atoms with Crippen LogP contribution in [-0.2, 0) is 4.74 Å². The lowest BCUT2D eigenvalue weighted by molar-refractivity contribution is 0.122. The number of nitrogens with zero attached hydrogens (tertiary/aromatic N) is 3. The van der Waals surface area contributed by atoms with Crippen LogP contribution in [0.2, 0.25) is 0 Å². The Hall–Kier alpha value is -2.46. The number of fused-ring (bicyclic) bond motifs is 1. The third-order valence-corrected chi connectivity index (χ3v) is 4.00. The standard InChI is InChI=1S/C18H17N3O/c1-2-6-15-14(4-1)5-3-7-16(15)17-8-9-19-18(20-17)21-10-12-22-13-11-21/h1-9H,10-13H2. The largest absolute Gasteiger partial charge is 0.378 e. The van der Waals surface area contributed by atoms with Gasteiger partial charge >= 0.3 is 0 Å². The van der Waals surface area contributed by atoms with Gasteiger partial charge in [0.25, 0.3) is 0 Å². The van der Waals surface area contributed by atoms with Crippen molar-refractivity contribution < 1.29 is 4.74 Å². The molecule has 0 atom stereocenters. The molecule has 0 saturated carbocycles. The minimum absolute atomic E-state index is 0.738. The summed E-state index contributed by atoms with van der Waals surface area (Å²) < 4.78 is 5.40. The van der Waals surface area contributed by atoms with Crippen molar-refractivity contribution in [2.24, 2.45) is 0 Å². The van der Waals surface area contributed by atoms with E-state index in [0.717, 1.165) is 43.5 Å². The van der Waals surface area contributed by atoms with Gasteiger partial charge in [-0.05, 0) is 16.8 Å². The molecule has 0 radical (unpaired) electrons. The number of benzene rings is 2. The molecule has 1 fully saturated rings. The van der Waals surface area contributed by atoms with Crippen LogP contribution in [0.3, 0.4) is 0 Å². The first kappa shape index (κ1) is 13.2. The molecule has 0 bridgehead atoms. The Morgan fingerprint density at radius 2 is 1.73 bits per heavy atom. The van der Waals surface area contributed by atoms with Crippen molar-refractivity contribution in [2.75, 3.05) is 31.2 Å². The number of rotatable bonds is 2. The molecular weight excluding hydrogens is 274 g/mol. The van der Waals surface area contributed by atoms with Crippen LogP contribution in [0.25, 0.3) is 22.0 Å². The molecule has 0 unspecified atom stereocenters. The zero-order valence-electron chi connectivity index (χ0n) is 12.3. The highest BCUT2D eigenvalue weighted by molar-refractivity contribution is 5.95. The summed E-state index contributed by atoms with van der Waals surface area (Å²) in [4.78, 5) is 11.4. The Bertz CT molecular complexity index is 792. The van der Waals surface area contributed by atoms with E-state index >= 15 is 0 Å². The smallest absolute Gasteiger partial charge is 0.226 e. The van der Waals surface area contributed by atoms with Crippen molar-refractivity contribution >= 4 is 16.7 Å². The zero-order chi connectivity index (χ0) is 14.8. The Balaban J connectivity index is 1.78. The summed E-state index contributed by atoms with van der Waals surface area (Å²) in [7, 11) is 0. The first-order chi connectivity index (χ1) is 10.9. The van der Waals surface area contributed by atoms with E-state index in [2.05, 4.69) is 52.3 Å². The fourth-order valence-corrected chi connectivity index (χ4v) is 2.86. The molecule has 1 aromatic heterocycles. The lowest BCUT2D eigenvalue weighted by atomic mass is 10.0. The van der Waals surface area contributed by atoms with E-state index in [1.54, 1.807) is 0 Å². The second-order valence-corrected chi connectivity index (χ2v) is 5.37. The maximum absolute atomic E-state index is 5.40. The summed E-state index contributed by atoms with van der Waals surface area (Å²) in [5.74, 6) is 0.786. The van der Waals surface area contributed by atoms with Crippen LogP contribution in [-0.4, -0.2) is 36.3 Å². The molecule has 110 valence electrons. The second-order valence-electron chi connectivity index (χ2n) is 5.37. The molecule has 2 heterocycles. The van der Waals surface area contributed by atoms with Gasteiger partial charge < -0.3 is 9.64 Å². The van der Waals surface area contributed by atoms with Crippen molar-refractivity contribution in [1.82, 2.24) is 9.97 Å². The van der Waals surface area contributed by atoms with Gasteiger partial charge in [0.2, 0.25) is 5.95 Å². The lowest BCUT2D eigenvalue weighted by Gasteiger charge is -2.26. The van der Waals surface area contributed by atoms with Crippen LogP contribution in [0.5, 0.6) is 0 Å². The highest BCUT2D eigenvalue weighted by Crippen LogP contribution is 2.27. The zero-order valence-corrected chi connectivity index (χ0v) is 12.3. The van der Waals surface area contributed by atoms with Crippen LogP contribution in [0.4, 0.5) is 5.95 Å². The molecular formula is C18H17N3O. The van der Waals surface area contributed by atoms with Gasteiger partial charge in [-0.3, -0.25) is 0 Å². The Labute approximate surface area is 129 Å². The van der Waals surface area contributed by atoms with Gasteiger partial charge in [-0.2, -0.15) is 0 Å². The topological polar surface area (TPSA) is 38.2 Å². The number of anilines is 1. The first-order valence-electron chi connectivity index (χ1n) is 7.56. The van der Waals surface area contributed by atoms with Crippen LogP contribution >= 0.6 is 0 Å². The van der Waals surface area contributed by atoms with Crippen LogP contribution in [0, 0.1) is 0 Å². The summed E-state index contributed by atoms with van der Waals surface area (Å²) >= 11 is 0. The van der Waals surface area contributed by atoms with Crippen molar-refractivity contribution in [2.45, 2.75) is 0 Å². The maximum Gasteiger partial charge on any atom is 0.226 e. The molecule has 0 amide bonds. The number of morpholine rings is 1. The minimum Gasteiger partial charge on any atom is -0.378 e. The molecule has 1 aliphatic rings. The van der Waals surface area contributed by atoms with E-state index in [1.165, 1.54) is 10.8 Å². The number of ether oxygens (including phenoxy) is 1. The van der Waals surface area contributed by atoms with Gasteiger partial charge in [0, 0.05) is 24.8 Å². The molecule has 4 rings (SSSR count). The van der Waals surface area contributed by atoms with E-state index in [1.807, 2.05) is 12.3 Å². The highest BCUT2D eigenvalue weighted by atomic mass is 16.5. The van der Waals surface area contributed by atoms with E-state index < -0.39 is 0 Å². The fraction of sp³-hybridized carbons (Fsp3) is 0.222. The van der Waals surface area contributed by atoms with Gasteiger partial charge in [0.1, 0.15) is 0 Å². The molecule has 4 nitrogen and oxygen atoms in total. The van der Waals surface area contributed by atoms with E-state index in [4.69, 9.17) is 9.72 Å². The summed E-state index contributed by atoms with van der Waals surface area (Å²) in [6.07, 6.45) is 1.84. The van der Waals surface area contributed by atoms with Crippen molar-refractivity contribution in [1.29, 1.82) is 0 Å². The average molecular weight is 291 g/mol. The second kappa shape index (κ2) is 5.73. The predicted molar refractivity (Wildman–Crippen MR) is 88.0 cm³/mol. The van der Waals surface area contributed by atoms with E-state index in [-0.39, 0.29) is 0 Å². The number of hydrogen-bond donors (Lipinski definition) is 0. The quantitative estimate of drug-likeness (QED) is 0.727. The molecule has 0 spiro atoms. The third kappa shape index (κ3) is 2.42. The molecule has 0 N–H and O–H groups in total. The van der Waals surface area contributed by atoms with Crippen molar-refractivity contribution in [3.8, 4) is 11.3 Å². The van der Waals surface area contributed by atoms with Gasteiger partial charge in [0.15, 0.2) is 0 Å². The lowest BCUT2D eigenvalue weighted by Crippen LogP contribution is -2.37. The van der Waals surface area contributed by atoms with Crippen LogP contribution in [0.1, 0.15) is 0 Å². The molecule has 1 saturated heterocycles. The van der Waals surface area contributed by atoms with Gasteiger partial charge in [-0.25, -0.2) is 9.97 Å². The first-order valence-corrected chi connectivity index (χ1v) is 7.56. The van der Waals surface area contributed by atoms with Crippen LogP contribution in [0.15, 0.2) is 54.7 Å². The normalized spacial score (nSPS) is 15.2. The highest BCUT2D eigenvalue weighted by Gasteiger charge is 2.14. The number of hydrogen-bond acceptors (Lipinski definition) is 4. The van der Waals surface area contributed by atoms with Gasteiger partial charge in [0.05, 0.1) is 18.9 Å². The Morgan fingerprint density at radius 3 is 2.64 bits per heavy atom. The average Bonchev–Trinajstić information content (AvgIpc) is 2.62. The molecule has 1 aliphatic heterocycles. The van der Waals surface area contributed by atoms with Gasteiger partial charge in [-0.15, -0.1) is 0 Å².